The third-order valence-electron chi connectivity index (χ3n) is 2.58. The van der Waals surface area contributed by atoms with Crippen molar-refractivity contribution in [1.82, 2.24) is 16.0 Å². The maximum atomic E-state index is 11.8. The summed E-state index contributed by atoms with van der Waals surface area (Å²) in [6.45, 7) is 2.92. The van der Waals surface area contributed by atoms with Crippen LogP contribution in [0.25, 0.3) is 0 Å². The van der Waals surface area contributed by atoms with E-state index >= 15 is 0 Å². The predicted octanol–water partition coefficient (Wildman–Crippen LogP) is -1.89. The maximum absolute atomic E-state index is 11.8. The normalized spacial score (nSPS) is 13.6. The van der Waals surface area contributed by atoms with Gasteiger partial charge < -0.3 is 30.8 Å². The molecule has 0 aliphatic carbocycles. The number of hydrogen-bond donors (Lipinski definition) is 6. The first-order valence-electron chi connectivity index (χ1n) is 6.60. The highest BCUT2D eigenvalue weighted by Gasteiger charge is 2.26. The Bertz CT molecular complexity index is 517. The Kier molecular flexibility index (Phi) is 8.44. The number of carboxylic acid groups (broad SMARTS) is 1. The molecule has 0 fully saturated rings. The molecule has 0 heterocycles. The Morgan fingerprint density at radius 2 is 1.65 bits per heavy atom. The van der Waals surface area contributed by atoms with Crippen LogP contribution in [0.1, 0.15) is 26.7 Å². The van der Waals surface area contributed by atoms with E-state index < -0.39 is 56.1 Å². The standard InChI is InChI=1S/C11H20N3O8P/c1-3-8(15)13-6(2)10(17)14-7(11(18)19)4-9(16)12-5-23(20,21)22/h6-7H,3-5H2,1-2H3,(H,12,16)(H,13,15)(H,14,17)(H,18,19)(H2,20,21,22)/t6-,7+/m0/s1. The van der Waals surface area contributed by atoms with Crippen LogP contribution in [0, 0.1) is 0 Å². The smallest absolute Gasteiger partial charge is 0.344 e. The second-order valence-corrected chi connectivity index (χ2v) is 6.31. The van der Waals surface area contributed by atoms with Crippen LogP contribution in [-0.2, 0) is 23.7 Å². The molecule has 2 atom stereocenters. The Morgan fingerprint density at radius 3 is 2.09 bits per heavy atom. The predicted molar refractivity (Wildman–Crippen MR) is 77.1 cm³/mol. The van der Waals surface area contributed by atoms with Crippen molar-refractivity contribution in [2.45, 2.75) is 38.8 Å². The fraction of sp³-hybridized carbons (Fsp3) is 0.636. The first kappa shape index (κ1) is 21.0. The second-order valence-electron chi connectivity index (χ2n) is 4.67. The third kappa shape index (κ3) is 9.61. The Hall–Kier alpha value is -1.97. The molecule has 23 heavy (non-hydrogen) atoms. The number of hydrogen-bond acceptors (Lipinski definition) is 5. The van der Waals surface area contributed by atoms with Gasteiger partial charge in [-0.05, 0) is 6.92 Å². The molecule has 0 bridgehead atoms. The van der Waals surface area contributed by atoms with Gasteiger partial charge in [-0.1, -0.05) is 6.92 Å². The van der Waals surface area contributed by atoms with Crippen molar-refractivity contribution < 1.29 is 38.6 Å². The highest BCUT2D eigenvalue weighted by atomic mass is 31.2. The van der Waals surface area contributed by atoms with Gasteiger partial charge >= 0.3 is 13.6 Å². The minimum absolute atomic E-state index is 0.144. The fourth-order valence-corrected chi connectivity index (χ4v) is 1.74. The van der Waals surface area contributed by atoms with E-state index in [0.29, 0.717) is 0 Å². The van der Waals surface area contributed by atoms with Gasteiger partial charge in [-0.2, -0.15) is 0 Å². The van der Waals surface area contributed by atoms with Gasteiger partial charge in [0.25, 0.3) is 0 Å². The summed E-state index contributed by atoms with van der Waals surface area (Å²) < 4.78 is 10.6. The van der Waals surface area contributed by atoms with Crippen LogP contribution in [0.4, 0.5) is 0 Å². The molecule has 0 saturated heterocycles. The van der Waals surface area contributed by atoms with E-state index in [4.69, 9.17) is 14.9 Å². The summed E-state index contributed by atoms with van der Waals surface area (Å²) in [5.74, 6) is -3.66. The molecule has 6 N–H and O–H groups in total. The number of nitrogens with one attached hydrogen (secondary N) is 3. The monoisotopic (exact) mass is 353 g/mol. The lowest BCUT2D eigenvalue weighted by Gasteiger charge is -2.18. The molecule has 0 saturated carbocycles. The summed E-state index contributed by atoms with van der Waals surface area (Å²) in [6, 6.07) is -2.59. The summed E-state index contributed by atoms with van der Waals surface area (Å²) in [6.07, 6.45) is -1.50. The van der Waals surface area contributed by atoms with Crippen LogP contribution in [0.2, 0.25) is 0 Å². The quantitative estimate of drug-likeness (QED) is 0.260. The van der Waals surface area contributed by atoms with Crippen molar-refractivity contribution in [1.29, 1.82) is 0 Å². The number of carbonyl (C=O) groups is 4. The van der Waals surface area contributed by atoms with Crippen molar-refractivity contribution >= 4 is 31.3 Å². The average molecular weight is 353 g/mol. The molecule has 0 unspecified atom stereocenters. The highest BCUT2D eigenvalue weighted by molar-refractivity contribution is 7.51. The lowest BCUT2D eigenvalue weighted by Crippen LogP contribution is -2.51. The molecule has 11 nitrogen and oxygen atoms in total. The zero-order valence-electron chi connectivity index (χ0n) is 12.6. The second kappa shape index (κ2) is 9.23. The van der Waals surface area contributed by atoms with Gasteiger partial charge in [0.1, 0.15) is 18.4 Å². The van der Waals surface area contributed by atoms with Crippen LogP contribution in [-0.4, -0.2) is 57.0 Å². The van der Waals surface area contributed by atoms with Gasteiger partial charge in [0.2, 0.25) is 17.7 Å². The van der Waals surface area contributed by atoms with Gasteiger partial charge in [0.15, 0.2) is 0 Å². The van der Waals surface area contributed by atoms with Gasteiger partial charge in [0.05, 0.1) is 6.42 Å². The minimum atomic E-state index is -4.46. The molecule has 0 aromatic rings. The van der Waals surface area contributed by atoms with Crippen molar-refractivity contribution in [3.05, 3.63) is 0 Å². The summed E-state index contributed by atoms with van der Waals surface area (Å²) in [4.78, 5) is 62.6. The zero-order valence-corrected chi connectivity index (χ0v) is 13.5. The molecule has 12 heteroatoms. The number of carbonyl (C=O) groups excluding carboxylic acids is 3. The molecule has 0 spiro atoms. The maximum Gasteiger partial charge on any atom is 0.344 e. The molecule has 0 radical (unpaired) electrons. The highest BCUT2D eigenvalue weighted by Crippen LogP contribution is 2.31. The molecule has 0 aliphatic heterocycles. The van der Waals surface area contributed by atoms with E-state index in [0.717, 1.165) is 0 Å². The SMILES string of the molecule is CCC(=O)N[C@@H](C)C(=O)N[C@H](CC(=O)NCP(=O)(O)O)C(=O)O. The zero-order chi connectivity index (χ0) is 18.2. The molecule has 132 valence electrons. The van der Waals surface area contributed by atoms with Crippen LogP contribution in [0.15, 0.2) is 0 Å². The van der Waals surface area contributed by atoms with Crippen LogP contribution in [0.3, 0.4) is 0 Å². The van der Waals surface area contributed by atoms with Crippen LogP contribution >= 0.6 is 7.60 Å². The summed E-state index contributed by atoms with van der Waals surface area (Å²) in [5, 5.41) is 15.2. The molecule has 3 amide bonds. The molecular formula is C11H20N3O8P. The third-order valence-corrected chi connectivity index (χ3v) is 3.15. The molecule has 0 aliphatic rings. The summed E-state index contributed by atoms with van der Waals surface area (Å²) in [5.41, 5.74) is 0. The van der Waals surface area contributed by atoms with Crippen molar-refractivity contribution in [3.63, 3.8) is 0 Å². The van der Waals surface area contributed by atoms with E-state index in [1.54, 1.807) is 6.92 Å². The van der Waals surface area contributed by atoms with Gasteiger partial charge in [-0.25, -0.2) is 4.79 Å². The van der Waals surface area contributed by atoms with Gasteiger partial charge in [-0.3, -0.25) is 18.9 Å². The van der Waals surface area contributed by atoms with Crippen molar-refractivity contribution in [2.24, 2.45) is 0 Å². The molecular weight excluding hydrogens is 333 g/mol. The first-order chi connectivity index (χ1) is 10.5. The topological polar surface area (TPSA) is 182 Å². The lowest BCUT2D eigenvalue weighted by molar-refractivity contribution is -0.143. The minimum Gasteiger partial charge on any atom is -0.480 e. The van der Waals surface area contributed by atoms with E-state index in [-0.39, 0.29) is 6.42 Å². The number of amides is 3. The fourth-order valence-electron chi connectivity index (χ4n) is 1.35. The van der Waals surface area contributed by atoms with E-state index in [1.807, 2.05) is 5.32 Å². The van der Waals surface area contributed by atoms with E-state index in [9.17, 15) is 23.7 Å². The molecule has 0 aromatic carbocycles. The lowest BCUT2D eigenvalue weighted by atomic mass is 10.1. The number of rotatable bonds is 9. The van der Waals surface area contributed by atoms with Gasteiger partial charge in [0, 0.05) is 6.42 Å². The van der Waals surface area contributed by atoms with E-state index in [1.165, 1.54) is 6.92 Å². The summed E-state index contributed by atoms with van der Waals surface area (Å²) >= 11 is 0. The Morgan fingerprint density at radius 1 is 1.09 bits per heavy atom. The van der Waals surface area contributed by atoms with Crippen molar-refractivity contribution in [2.75, 3.05) is 6.29 Å². The van der Waals surface area contributed by atoms with Crippen LogP contribution < -0.4 is 16.0 Å². The van der Waals surface area contributed by atoms with Crippen molar-refractivity contribution in [3.8, 4) is 0 Å². The van der Waals surface area contributed by atoms with Crippen LogP contribution in [0.5, 0.6) is 0 Å². The Balaban J connectivity index is 4.60. The van der Waals surface area contributed by atoms with E-state index in [2.05, 4.69) is 10.6 Å². The summed E-state index contributed by atoms with van der Waals surface area (Å²) in [7, 11) is -4.46. The first-order valence-corrected chi connectivity index (χ1v) is 8.39. The largest absolute Gasteiger partial charge is 0.480 e. The number of aliphatic carboxylic acids is 1. The Labute approximate surface area is 132 Å². The molecule has 0 rings (SSSR count). The van der Waals surface area contributed by atoms with Gasteiger partial charge in [-0.15, -0.1) is 0 Å². The number of carboxylic acids is 1. The average Bonchev–Trinajstić information content (AvgIpc) is 2.43. The molecule has 0 aromatic heterocycles.